The second kappa shape index (κ2) is 5.48. The van der Waals surface area contributed by atoms with E-state index in [0.29, 0.717) is 11.9 Å². The van der Waals surface area contributed by atoms with Crippen molar-refractivity contribution in [2.45, 2.75) is 25.4 Å². The maximum absolute atomic E-state index is 10.9. The summed E-state index contributed by atoms with van der Waals surface area (Å²) < 4.78 is 5.90. The van der Waals surface area contributed by atoms with Gasteiger partial charge >= 0.3 is 6.03 Å². The van der Waals surface area contributed by atoms with Gasteiger partial charge in [0.05, 0.1) is 6.54 Å². The molecule has 2 aromatic heterocycles. The van der Waals surface area contributed by atoms with Crippen molar-refractivity contribution in [2.75, 3.05) is 5.32 Å². The number of carbonyl (C=O) groups excluding carboxylic acids is 1. The van der Waals surface area contributed by atoms with Crippen LogP contribution >= 0.6 is 0 Å². The molecule has 3 aromatic rings. The van der Waals surface area contributed by atoms with E-state index in [1.807, 2.05) is 36.4 Å². The highest BCUT2D eigenvalue weighted by molar-refractivity contribution is 5.93. The van der Waals surface area contributed by atoms with Crippen LogP contribution in [0.2, 0.25) is 0 Å². The molecule has 2 heterocycles. The largest absolute Gasteiger partial charge is 0.460 e. The maximum atomic E-state index is 10.9. The first-order valence-corrected chi connectivity index (χ1v) is 7.69. The fraction of sp³-hybridized carbons (Fsp3) is 0.235. The third-order valence-corrected chi connectivity index (χ3v) is 3.97. The number of aromatic nitrogens is 1. The van der Waals surface area contributed by atoms with Crippen molar-refractivity contribution in [1.29, 1.82) is 0 Å². The van der Waals surface area contributed by atoms with Gasteiger partial charge in [-0.25, -0.2) is 4.79 Å². The number of rotatable bonds is 5. The fourth-order valence-electron chi connectivity index (χ4n) is 2.64. The third kappa shape index (κ3) is 3.07. The highest BCUT2D eigenvalue weighted by Crippen LogP contribution is 2.28. The number of hydrogen-bond acceptors (Lipinski definition) is 3. The van der Waals surface area contributed by atoms with Gasteiger partial charge in [0.2, 0.25) is 0 Å². The maximum Gasteiger partial charge on any atom is 0.317 e. The van der Waals surface area contributed by atoms with Crippen molar-refractivity contribution in [3.8, 4) is 11.3 Å². The summed E-state index contributed by atoms with van der Waals surface area (Å²) in [4.78, 5) is 14.0. The topological polar surface area (TPSA) is 96.1 Å². The first kappa shape index (κ1) is 13.9. The summed E-state index contributed by atoms with van der Waals surface area (Å²) in [6.07, 6.45) is 2.53. The summed E-state index contributed by atoms with van der Waals surface area (Å²) >= 11 is 0. The van der Waals surface area contributed by atoms with Gasteiger partial charge in [-0.3, -0.25) is 5.32 Å². The molecule has 23 heavy (non-hydrogen) atoms. The molecule has 1 aliphatic carbocycles. The van der Waals surface area contributed by atoms with Crippen LogP contribution in [0.15, 0.2) is 40.8 Å². The summed E-state index contributed by atoms with van der Waals surface area (Å²) in [6.45, 7) is 0.766. The van der Waals surface area contributed by atoms with E-state index in [0.717, 1.165) is 34.5 Å². The first-order chi connectivity index (χ1) is 11.2. The van der Waals surface area contributed by atoms with E-state index in [1.165, 1.54) is 12.8 Å². The fourth-order valence-corrected chi connectivity index (χ4v) is 2.64. The predicted octanol–water partition coefficient (Wildman–Crippen LogP) is 3.17. The Bertz CT molecular complexity index is 860. The van der Waals surface area contributed by atoms with Gasteiger partial charge in [0.25, 0.3) is 0 Å². The Morgan fingerprint density at radius 2 is 2.13 bits per heavy atom. The van der Waals surface area contributed by atoms with Crippen LogP contribution in [0.25, 0.3) is 22.2 Å². The minimum Gasteiger partial charge on any atom is -0.460 e. The molecule has 2 amide bonds. The average molecular weight is 310 g/mol. The van der Waals surface area contributed by atoms with E-state index < -0.39 is 6.03 Å². The molecule has 0 aliphatic heterocycles. The second-order valence-corrected chi connectivity index (χ2v) is 5.90. The van der Waals surface area contributed by atoms with Crippen molar-refractivity contribution in [1.82, 2.24) is 10.3 Å². The van der Waals surface area contributed by atoms with Gasteiger partial charge in [-0.05, 0) is 37.1 Å². The van der Waals surface area contributed by atoms with E-state index in [2.05, 4.69) is 15.6 Å². The molecular formula is C17H18N4O2. The van der Waals surface area contributed by atoms with Crippen LogP contribution in [0.4, 0.5) is 10.6 Å². The molecule has 6 heteroatoms. The molecular weight excluding hydrogens is 292 g/mol. The first-order valence-electron chi connectivity index (χ1n) is 7.69. The van der Waals surface area contributed by atoms with Crippen molar-refractivity contribution in [3.05, 3.63) is 42.2 Å². The SMILES string of the molecule is NC(=O)Nc1cc2ccc(-c3ccc(CNC4CC4)o3)cc2[nH]1. The standard InChI is InChI=1S/C17H18N4O2/c18-17(22)21-16-8-10-1-2-11(7-14(10)20-16)15-6-5-13(23-15)9-19-12-3-4-12/h1-2,5-8,12,19-20H,3-4,9H2,(H3,18,21,22). The van der Waals surface area contributed by atoms with Crippen LogP contribution in [0.5, 0.6) is 0 Å². The number of carbonyl (C=O) groups is 1. The van der Waals surface area contributed by atoms with Crippen molar-refractivity contribution in [2.24, 2.45) is 5.73 Å². The molecule has 0 saturated heterocycles. The lowest BCUT2D eigenvalue weighted by Gasteiger charge is -2.00. The van der Waals surface area contributed by atoms with Gasteiger partial charge in [0, 0.05) is 22.5 Å². The molecule has 4 rings (SSSR count). The molecule has 0 unspecified atom stereocenters. The van der Waals surface area contributed by atoms with Crippen LogP contribution in [-0.2, 0) is 6.54 Å². The van der Waals surface area contributed by atoms with Crippen LogP contribution in [-0.4, -0.2) is 17.1 Å². The number of nitrogens with two attached hydrogens (primary N) is 1. The normalized spacial score (nSPS) is 14.3. The molecule has 0 bridgehead atoms. The quantitative estimate of drug-likeness (QED) is 0.583. The molecule has 5 N–H and O–H groups in total. The minimum absolute atomic E-state index is 0.582. The number of furan rings is 1. The number of amides is 2. The van der Waals surface area contributed by atoms with E-state index in [-0.39, 0.29) is 0 Å². The van der Waals surface area contributed by atoms with Crippen LogP contribution < -0.4 is 16.4 Å². The zero-order valence-electron chi connectivity index (χ0n) is 12.6. The van der Waals surface area contributed by atoms with Gasteiger partial charge in [-0.1, -0.05) is 12.1 Å². The number of anilines is 1. The highest BCUT2D eigenvalue weighted by Gasteiger charge is 2.20. The summed E-state index contributed by atoms with van der Waals surface area (Å²) in [7, 11) is 0. The molecule has 0 spiro atoms. The van der Waals surface area contributed by atoms with Crippen molar-refractivity contribution >= 4 is 22.8 Å². The van der Waals surface area contributed by atoms with E-state index in [9.17, 15) is 4.79 Å². The summed E-state index contributed by atoms with van der Waals surface area (Å²) in [5.74, 6) is 2.35. The Kier molecular flexibility index (Phi) is 3.31. The Morgan fingerprint density at radius 1 is 1.26 bits per heavy atom. The lowest BCUT2D eigenvalue weighted by Crippen LogP contribution is -2.19. The molecule has 0 atom stereocenters. The Balaban J connectivity index is 1.56. The number of fused-ring (bicyclic) bond motifs is 1. The van der Waals surface area contributed by atoms with E-state index >= 15 is 0 Å². The smallest absolute Gasteiger partial charge is 0.317 e. The summed E-state index contributed by atoms with van der Waals surface area (Å²) in [5.41, 5.74) is 7.04. The minimum atomic E-state index is -0.587. The zero-order chi connectivity index (χ0) is 15.8. The molecule has 0 radical (unpaired) electrons. The molecule has 1 fully saturated rings. The third-order valence-electron chi connectivity index (χ3n) is 3.97. The number of primary amides is 1. The lowest BCUT2D eigenvalue weighted by molar-refractivity contribution is 0.259. The molecule has 1 saturated carbocycles. The van der Waals surface area contributed by atoms with Gasteiger partial charge in [-0.15, -0.1) is 0 Å². The number of benzene rings is 1. The van der Waals surface area contributed by atoms with Crippen LogP contribution in [0.3, 0.4) is 0 Å². The zero-order valence-corrected chi connectivity index (χ0v) is 12.6. The highest BCUT2D eigenvalue weighted by atomic mass is 16.3. The number of urea groups is 1. The average Bonchev–Trinajstić information content (AvgIpc) is 3.07. The lowest BCUT2D eigenvalue weighted by atomic mass is 10.1. The molecule has 118 valence electrons. The van der Waals surface area contributed by atoms with Crippen molar-refractivity contribution in [3.63, 3.8) is 0 Å². The van der Waals surface area contributed by atoms with Gasteiger partial charge in [0.1, 0.15) is 17.3 Å². The predicted molar refractivity (Wildman–Crippen MR) is 89.1 cm³/mol. The summed E-state index contributed by atoms with van der Waals surface area (Å²) in [5, 5.41) is 6.98. The number of nitrogens with one attached hydrogen (secondary N) is 3. The number of aromatic amines is 1. The van der Waals surface area contributed by atoms with Gasteiger partial charge < -0.3 is 20.5 Å². The van der Waals surface area contributed by atoms with Crippen molar-refractivity contribution < 1.29 is 9.21 Å². The Morgan fingerprint density at radius 3 is 2.91 bits per heavy atom. The monoisotopic (exact) mass is 310 g/mol. The molecule has 1 aromatic carbocycles. The number of hydrogen-bond donors (Lipinski definition) is 4. The van der Waals surface area contributed by atoms with Gasteiger partial charge in [-0.2, -0.15) is 0 Å². The van der Waals surface area contributed by atoms with Gasteiger partial charge in [0.15, 0.2) is 0 Å². The van der Waals surface area contributed by atoms with E-state index in [1.54, 1.807) is 0 Å². The van der Waals surface area contributed by atoms with Crippen LogP contribution in [0.1, 0.15) is 18.6 Å². The Hall–Kier alpha value is -2.73. The molecule has 1 aliphatic rings. The number of H-pyrrole nitrogens is 1. The Labute approximate surface area is 133 Å². The van der Waals surface area contributed by atoms with E-state index in [4.69, 9.17) is 10.2 Å². The second-order valence-electron chi connectivity index (χ2n) is 5.90. The molecule has 6 nitrogen and oxygen atoms in total. The summed E-state index contributed by atoms with van der Waals surface area (Å²) in [6, 6.07) is 11.9. The van der Waals surface area contributed by atoms with Crippen LogP contribution in [0, 0.1) is 0 Å².